The fourth-order valence-electron chi connectivity index (χ4n) is 4.76. The number of carbonyl (C=O) groups excluding carboxylic acids is 2. The Morgan fingerprint density at radius 3 is 2.76 bits per heavy atom. The molecule has 1 saturated carbocycles. The highest BCUT2D eigenvalue weighted by Gasteiger charge is 2.38. The van der Waals surface area contributed by atoms with E-state index >= 15 is 0 Å². The van der Waals surface area contributed by atoms with E-state index in [-0.39, 0.29) is 24.0 Å². The molecular formula is C22H31N3O4. The Balaban J connectivity index is 1.30. The number of fused-ring (bicyclic) bond motifs is 1. The Kier molecular flexibility index (Phi) is 6.35. The van der Waals surface area contributed by atoms with E-state index in [1.54, 1.807) is 6.07 Å². The molecule has 158 valence electrons. The number of morpholine rings is 1. The van der Waals surface area contributed by atoms with E-state index in [4.69, 9.17) is 9.47 Å². The van der Waals surface area contributed by atoms with Crippen LogP contribution in [-0.4, -0.2) is 61.7 Å². The van der Waals surface area contributed by atoms with Crippen molar-refractivity contribution in [1.29, 1.82) is 0 Å². The van der Waals surface area contributed by atoms with E-state index in [2.05, 4.69) is 15.5 Å². The highest BCUT2D eigenvalue weighted by molar-refractivity contribution is 5.94. The normalized spacial score (nSPS) is 21.7. The van der Waals surface area contributed by atoms with E-state index in [0.717, 1.165) is 50.4 Å². The molecule has 0 unspecified atom stereocenters. The monoisotopic (exact) mass is 401 g/mol. The van der Waals surface area contributed by atoms with Gasteiger partial charge in [0.05, 0.1) is 13.2 Å². The third kappa shape index (κ3) is 4.90. The SMILES string of the molecule is O=C(COc1ccc2c(c1)CCC(=O)N2)NCC1(N2CCOCC2)CCCCC1. The van der Waals surface area contributed by atoms with E-state index in [1.807, 2.05) is 12.1 Å². The van der Waals surface area contributed by atoms with Gasteiger partial charge in [0.1, 0.15) is 5.75 Å². The number of nitrogens with zero attached hydrogens (tertiary/aromatic N) is 1. The molecule has 2 N–H and O–H groups in total. The van der Waals surface area contributed by atoms with Crippen LogP contribution in [0.15, 0.2) is 18.2 Å². The predicted molar refractivity (Wildman–Crippen MR) is 110 cm³/mol. The van der Waals surface area contributed by atoms with Crippen molar-refractivity contribution in [3.05, 3.63) is 23.8 Å². The summed E-state index contributed by atoms with van der Waals surface area (Å²) >= 11 is 0. The molecule has 2 heterocycles. The number of amides is 2. The molecule has 0 radical (unpaired) electrons. The maximum atomic E-state index is 12.5. The van der Waals surface area contributed by atoms with Gasteiger partial charge in [0.2, 0.25) is 5.91 Å². The molecule has 2 amide bonds. The van der Waals surface area contributed by atoms with Gasteiger partial charge in [-0.3, -0.25) is 14.5 Å². The summed E-state index contributed by atoms with van der Waals surface area (Å²) < 4.78 is 11.2. The van der Waals surface area contributed by atoms with Crippen LogP contribution in [0.5, 0.6) is 5.75 Å². The maximum Gasteiger partial charge on any atom is 0.258 e. The van der Waals surface area contributed by atoms with E-state index < -0.39 is 0 Å². The standard InChI is InChI=1S/C22H31N3O4/c26-20-7-4-17-14-18(5-6-19(17)24-20)29-15-21(27)23-16-22(8-2-1-3-9-22)25-10-12-28-13-11-25/h5-6,14H,1-4,7-13,15-16H2,(H,23,27)(H,24,26). The van der Waals surface area contributed by atoms with Crippen molar-refractivity contribution in [3.63, 3.8) is 0 Å². The highest BCUT2D eigenvalue weighted by atomic mass is 16.5. The van der Waals surface area contributed by atoms with Gasteiger partial charge in [0.25, 0.3) is 5.91 Å². The van der Waals surface area contributed by atoms with E-state index in [9.17, 15) is 9.59 Å². The number of nitrogens with one attached hydrogen (secondary N) is 2. The van der Waals surface area contributed by atoms with E-state index in [1.165, 1.54) is 19.3 Å². The molecule has 1 saturated heterocycles. The summed E-state index contributed by atoms with van der Waals surface area (Å²) in [7, 11) is 0. The minimum absolute atomic E-state index is 0.00430. The van der Waals surface area contributed by atoms with Gasteiger partial charge in [-0.1, -0.05) is 19.3 Å². The molecule has 1 aliphatic carbocycles. The van der Waals surface area contributed by atoms with Crippen LogP contribution in [0, 0.1) is 0 Å². The zero-order chi connectivity index (χ0) is 20.1. The number of carbonyl (C=O) groups is 2. The van der Waals surface area contributed by atoms with Crippen LogP contribution in [0.2, 0.25) is 0 Å². The van der Waals surface area contributed by atoms with Gasteiger partial charge in [-0.25, -0.2) is 0 Å². The number of aryl methyl sites for hydroxylation is 1. The van der Waals surface area contributed by atoms with Crippen LogP contribution >= 0.6 is 0 Å². The Morgan fingerprint density at radius 2 is 1.97 bits per heavy atom. The zero-order valence-electron chi connectivity index (χ0n) is 17.0. The fraction of sp³-hybridized carbons (Fsp3) is 0.636. The molecule has 3 aliphatic rings. The Bertz CT molecular complexity index is 740. The number of anilines is 1. The van der Waals surface area contributed by atoms with Gasteiger partial charge >= 0.3 is 0 Å². The molecule has 0 atom stereocenters. The lowest BCUT2D eigenvalue weighted by atomic mass is 9.79. The molecule has 4 rings (SSSR count). The third-order valence-electron chi connectivity index (χ3n) is 6.42. The molecule has 1 aromatic rings. The molecule has 0 aromatic heterocycles. The summed E-state index contributed by atoms with van der Waals surface area (Å²) in [6.07, 6.45) is 7.16. The van der Waals surface area contributed by atoms with Crippen LogP contribution in [-0.2, 0) is 20.7 Å². The van der Waals surface area contributed by atoms with Crippen LogP contribution < -0.4 is 15.4 Å². The molecule has 7 heteroatoms. The Morgan fingerprint density at radius 1 is 1.17 bits per heavy atom. The van der Waals surface area contributed by atoms with Crippen LogP contribution in [0.4, 0.5) is 5.69 Å². The van der Waals surface area contributed by atoms with Crippen molar-refractivity contribution in [2.75, 3.05) is 44.8 Å². The first-order valence-corrected chi connectivity index (χ1v) is 10.8. The second-order valence-electron chi connectivity index (χ2n) is 8.32. The lowest BCUT2D eigenvalue weighted by Gasteiger charge is -2.48. The molecule has 1 aromatic carbocycles. The zero-order valence-corrected chi connectivity index (χ0v) is 17.0. The Labute approximate surface area is 172 Å². The number of ether oxygens (including phenoxy) is 2. The summed E-state index contributed by atoms with van der Waals surface area (Å²) in [4.78, 5) is 26.5. The predicted octanol–water partition coefficient (Wildman–Crippen LogP) is 2.10. The van der Waals surface area contributed by atoms with Crippen molar-refractivity contribution >= 4 is 17.5 Å². The van der Waals surface area contributed by atoms with Gasteiger partial charge in [0, 0.05) is 37.3 Å². The first-order chi connectivity index (χ1) is 14.1. The van der Waals surface area contributed by atoms with Crippen LogP contribution in [0.3, 0.4) is 0 Å². The number of hydrogen-bond donors (Lipinski definition) is 2. The first kappa shape index (κ1) is 20.2. The van der Waals surface area contributed by atoms with Crippen molar-refractivity contribution in [2.45, 2.75) is 50.5 Å². The minimum atomic E-state index is -0.0887. The number of rotatable bonds is 6. The number of benzene rings is 1. The summed E-state index contributed by atoms with van der Waals surface area (Å²) in [5.74, 6) is 0.618. The smallest absolute Gasteiger partial charge is 0.258 e. The molecular weight excluding hydrogens is 370 g/mol. The first-order valence-electron chi connectivity index (χ1n) is 10.8. The van der Waals surface area contributed by atoms with Gasteiger partial charge in [0.15, 0.2) is 6.61 Å². The maximum absolute atomic E-state index is 12.5. The Hall–Kier alpha value is -2.12. The largest absolute Gasteiger partial charge is 0.484 e. The van der Waals surface area contributed by atoms with Crippen LogP contribution in [0.25, 0.3) is 0 Å². The highest BCUT2D eigenvalue weighted by Crippen LogP contribution is 2.34. The molecule has 29 heavy (non-hydrogen) atoms. The van der Waals surface area contributed by atoms with Crippen molar-refractivity contribution in [3.8, 4) is 5.75 Å². The summed E-state index contributed by atoms with van der Waals surface area (Å²) in [5, 5.41) is 5.98. The van der Waals surface area contributed by atoms with Crippen molar-refractivity contribution in [1.82, 2.24) is 10.2 Å². The average molecular weight is 402 g/mol. The second kappa shape index (κ2) is 9.13. The van der Waals surface area contributed by atoms with Crippen molar-refractivity contribution in [2.24, 2.45) is 0 Å². The van der Waals surface area contributed by atoms with Gasteiger partial charge in [-0.05, 0) is 43.0 Å². The van der Waals surface area contributed by atoms with Gasteiger partial charge in [-0.2, -0.15) is 0 Å². The lowest BCUT2D eigenvalue weighted by Crippen LogP contribution is -2.60. The van der Waals surface area contributed by atoms with Crippen molar-refractivity contribution < 1.29 is 19.1 Å². The van der Waals surface area contributed by atoms with E-state index in [0.29, 0.717) is 25.1 Å². The number of hydrogen-bond acceptors (Lipinski definition) is 5. The quantitative estimate of drug-likeness (QED) is 0.763. The second-order valence-corrected chi connectivity index (χ2v) is 8.32. The topological polar surface area (TPSA) is 79.9 Å². The molecule has 7 nitrogen and oxygen atoms in total. The molecule has 2 fully saturated rings. The molecule has 0 spiro atoms. The summed E-state index contributed by atoms with van der Waals surface area (Å²) in [6, 6.07) is 5.56. The summed E-state index contributed by atoms with van der Waals surface area (Å²) in [6.45, 7) is 4.11. The summed E-state index contributed by atoms with van der Waals surface area (Å²) in [5.41, 5.74) is 1.95. The minimum Gasteiger partial charge on any atom is -0.484 e. The molecule has 2 aliphatic heterocycles. The molecule has 0 bridgehead atoms. The van der Waals surface area contributed by atoms with Gasteiger partial charge in [-0.15, -0.1) is 0 Å². The van der Waals surface area contributed by atoms with Gasteiger partial charge < -0.3 is 20.1 Å². The van der Waals surface area contributed by atoms with Crippen LogP contribution in [0.1, 0.15) is 44.1 Å². The third-order valence-corrected chi connectivity index (χ3v) is 6.42. The average Bonchev–Trinajstić information content (AvgIpc) is 2.77. The fourth-order valence-corrected chi connectivity index (χ4v) is 4.76. The lowest BCUT2D eigenvalue weighted by molar-refractivity contribution is -0.124.